The van der Waals surface area contributed by atoms with Crippen molar-refractivity contribution < 1.29 is 19.1 Å². The molecular formula is C21H24N2O4S. The molecule has 1 aromatic carbocycles. The van der Waals surface area contributed by atoms with Crippen LogP contribution in [0.25, 0.3) is 11.0 Å². The fourth-order valence-electron chi connectivity index (χ4n) is 3.60. The van der Waals surface area contributed by atoms with Crippen LogP contribution in [-0.2, 0) is 16.9 Å². The van der Waals surface area contributed by atoms with Crippen molar-refractivity contribution in [3.63, 3.8) is 0 Å². The van der Waals surface area contributed by atoms with Gasteiger partial charge < -0.3 is 18.8 Å². The van der Waals surface area contributed by atoms with Crippen LogP contribution in [0.5, 0.6) is 0 Å². The Morgan fingerprint density at radius 1 is 1.39 bits per heavy atom. The second-order valence-electron chi connectivity index (χ2n) is 7.69. The normalized spacial score (nSPS) is 18.3. The summed E-state index contributed by atoms with van der Waals surface area (Å²) >= 11 is 1.36. The topological polar surface area (TPSA) is 77.0 Å². The Kier molecular flexibility index (Phi) is 4.99. The maximum Gasteiger partial charge on any atom is 0.279 e. The first kappa shape index (κ1) is 19.1. The molecule has 1 N–H and O–H groups in total. The van der Waals surface area contributed by atoms with E-state index < -0.39 is 5.60 Å². The van der Waals surface area contributed by atoms with Gasteiger partial charge in [0.05, 0.1) is 29.4 Å². The number of ether oxygens (including phenoxy) is 1. The highest BCUT2D eigenvalue weighted by Crippen LogP contribution is 2.27. The SMILES string of the molecule is Cc1c(C(C)(C)O)s/c(=N\C(=O)c2ccc3occc3c2)n1C[C@H]1CCCO1. The van der Waals surface area contributed by atoms with E-state index in [4.69, 9.17) is 9.15 Å². The second kappa shape index (κ2) is 7.31. The van der Waals surface area contributed by atoms with Gasteiger partial charge in [0.1, 0.15) is 5.58 Å². The van der Waals surface area contributed by atoms with E-state index in [9.17, 15) is 9.90 Å². The van der Waals surface area contributed by atoms with Crippen LogP contribution in [0.1, 0.15) is 47.6 Å². The summed E-state index contributed by atoms with van der Waals surface area (Å²) < 4.78 is 13.1. The number of rotatable bonds is 4. The van der Waals surface area contributed by atoms with E-state index in [0.717, 1.165) is 41.0 Å². The monoisotopic (exact) mass is 400 g/mol. The van der Waals surface area contributed by atoms with E-state index in [1.165, 1.54) is 11.3 Å². The molecule has 2 aromatic heterocycles. The molecule has 7 heteroatoms. The van der Waals surface area contributed by atoms with Gasteiger partial charge >= 0.3 is 0 Å². The third-order valence-electron chi connectivity index (χ3n) is 5.02. The predicted octanol–water partition coefficient (Wildman–Crippen LogP) is 3.75. The highest BCUT2D eigenvalue weighted by Gasteiger charge is 2.26. The number of carbonyl (C=O) groups is 1. The van der Waals surface area contributed by atoms with Crippen molar-refractivity contribution in [2.75, 3.05) is 6.61 Å². The van der Waals surface area contributed by atoms with E-state index in [0.29, 0.717) is 16.9 Å². The van der Waals surface area contributed by atoms with E-state index in [1.807, 2.05) is 17.6 Å². The molecule has 1 saturated heterocycles. The van der Waals surface area contributed by atoms with Gasteiger partial charge in [-0.15, -0.1) is 0 Å². The molecule has 4 rings (SSSR count). The van der Waals surface area contributed by atoms with Gasteiger partial charge in [0, 0.05) is 23.3 Å². The maximum absolute atomic E-state index is 12.8. The van der Waals surface area contributed by atoms with Crippen molar-refractivity contribution in [1.29, 1.82) is 0 Å². The third-order valence-corrected chi connectivity index (χ3v) is 6.51. The Balaban J connectivity index is 1.76. The van der Waals surface area contributed by atoms with Crippen LogP contribution in [0, 0.1) is 6.92 Å². The zero-order chi connectivity index (χ0) is 19.9. The van der Waals surface area contributed by atoms with Crippen LogP contribution in [-0.4, -0.2) is 28.3 Å². The van der Waals surface area contributed by atoms with Crippen LogP contribution < -0.4 is 4.80 Å². The average Bonchev–Trinajstić information content (AvgIpc) is 3.37. The molecule has 1 aliphatic rings. The van der Waals surface area contributed by atoms with Crippen molar-refractivity contribution in [2.45, 2.75) is 51.9 Å². The highest BCUT2D eigenvalue weighted by molar-refractivity contribution is 7.09. The van der Waals surface area contributed by atoms with Gasteiger partial charge in [-0.25, -0.2) is 0 Å². The third kappa shape index (κ3) is 3.70. The summed E-state index contributed by atoms with van der Waals surface area (Å²) in [6, 6.07) is 7.11. The maximum atomic E-state index is 12.8. The summed E-state index contributed by atoms with van der Waals surface area (Å²) in [7, 11) is 0. The second-order valence-corrected chi connectivity index (χ2v) is 8.67. The number of nitrogens with zero attached hydrogens (tertiary/aromatic N) is 2. The molecule has 0 radical (unpaired) electrons. The summed E-state index contributed by atoms with van der Waals surface area (Å²) in [6.07, 6.45) is 3.75. The van der Waals surface area contributed by atoms with Gasteiger partial charge in [0.15, 0.2) is 4.80 Å². The largest absolute Gasteiger partial charge is 0.464 e. The predicted molar refractivity (Wildman–Crippen MR) is 107 cm³/mol. The molecule has 0 spiro atoms. The number of aliphatic hydroxyl groups is 1. The number of hydrogen-bond donors (Lipinski definition) is 1. The van der Waals surface area contributed by atoms with Gasteiger partial charge in [0.2, 0.25) is 0 Å². The van der Waals surface area contributed by atoms with Crippen molar-refractivity contribution in [3.8, 4) is 0 Å². The number of fused-ring (bicyclic) bond motifs is 1. The first-order chi connectivity index (χ1) is 13.3. The van der Waals surface area contributed by atoms with Crippen molar-refractivity contribution in [2.24, 2.45) is 4.99 Å². The molecule has 0 unspecified atom stereocenters. The zero-order valence-corrected chi connectivity index (χ0v) is 17.1. The summed E-state index contributed by atoms with van der Waals surface area (Å²) in [6.45, 7) is 6.86. The first-order valence-electron chi connectivity index (χ1n) is 9.44. The van der Waals surface area contributed by atoms with E-state index in [-0.39, 0.29) is 12.0 Å². The lowest BCUT2D eigenvalue weighted by Crippen LogP contribution is -2.25. The number of aromatic nitrogens is 1. The van der Waals surface area contributed by atoms with Crippen LogP contribution in [0.3, 0.4) is 0 Å². The number of thiazole rings is 1. The molecule has 1 atom stereocenters. The van der Waals surface area contributed by atoms with Gasteiger partial charge in [-0.2, -0.15) is 4.99 Å². The molecule has 6 nitrogen and oxygen atoms in total. The van der Waals surface area contributed by atoms with E-state index >= 15 is 0 Å². The molecule has 3 heterocycles. The summed E-state index contributed by atoms with van der Waals surface area (Å²) in [5, 5.41) is 11.4. The van der Waals surface area contributed by atoms with Crippen LogP contribution in [0.15, 0.2) is 39.9 Å². The van der Waals surface area contributed by atoms with Crippen LogP contribution >= 0.6 is 11.3 Å². The highest BCUT2D eigenvalue weighted by atomic mass is 32.1. The summed E-state index contributed by atoms with van der Waals surface area (Å²) in [5.41, 5.74) is 1.17. The molecule has 1 aliphatic heterocycles. The van der Waals surface area contributed by atoms with Gasteiger partial charge in [-0.3, -0.25) is 4.79 Å². The van der Waals surface area contributed by atoms with Gasteiger partial charge in [0.25, 0.3) is 5.91 Å². The average molecular weight is 401 g/mol. The minimum Gasteiger partial charge on any atom is -0.464 e. The van der Waals surface area contributed by atoms with Crippen molar-refractivity contribution in [3.05, 3.63) is 51.5 Å². The number of carbonyl (C=O) groups excluding carboxylic acids is 1. The van der Waals surface area contributed by atoms with Crippen molar-refractivity contribution >= 4 is 28.2 Å². The quantitative estimate of drug-likeness (QED) is 0.724. The summed E-state index contributed by atoms with van der Waals surface area (Å²) in [4.78, 5) is 18.6. The molecule has 3 aromatic rings. The van der Waals surface area contributed by atoms with Gasteiger partial charge in [-0.1, -0.05) is 11.3 Å². The van der Waals surface area contributed by atoms with Crippen LogP contribution in [0.4, 0.5) is 0 Å². The molecule has 0 saturated carbocycles. The summed E-state index contributed by atoms with van der Waals surface area (Å²) in [5.74, 6) is -0.312. The fourth-order valence-corrected chi connectivity index (χ4v) is 4.74. The molecule has 1 fully saturated rings. The zero-order valence-electron chi connectivity index (χ0n) is 16.3. The first-order valence-corrected chi connectivity index (χ1v) is 10.3. The Hall–Kier alpha value is -2.22. The lowest BCUT2D eigenvalue weighted by atomic mass is 10.1. The standard InChI is InChI=1S/C21H24N2O4S/c1-13-18(21(2,3)25)28-20(23(13)12-16-5-4-9-26-16)22-19(24)15-6-7-17-14(11-15)8-10-27-17/h6-8,10-11,16,25H,4-5,9,12H2,1-3H3/b22-20-/t16-/m1/s1. The van der Waals surface area contributed by atoms with E-state index in [1.54, 1.807) is 38.3 Å². The minimum absolute atomic E-state index is 0.110. The molecule has 28 heavy (non-hydrogen) atoms. The Morgan fingerprint density at radius 2 is 2.21 bits per heavy atom. The number of furan rings is 1. The lowest BCUT2D eigenvalue weighted by molar-refractivity contribution is 0.0796. The number of amides is 1. The molecule has 1 amide bonds. The van der Waals surface area contributed by atoms with Crippen LogP contribution in [0.2, 0.25) is 0 Å². The Labute approximate surface area is 167 Å². The number of benzene rings is 1. The minimum atomic E-state index is -1.00. The fraction of sp³-hybridized carbons (Fsp3) is 0.429. The molecule has 0 bridgehead atoms. The van der Waals surface area contributed by atoms with E-state index in [2.05, 4.69) is 4.99 Å². The molecule has 0 aliphatic carbocycles. The smallest absolute Gasteiger partial charge is 0.279 e. The Bertz CT molecular complexity index is 1080. The van der Waals surface area contributed by atoms with Crippen molar-refractivity contribution in [1.82, 2.24) is 4.57 Å². The van der Waals surface area contributed by atoms with Gasteiger partial charge in [-0.05, 0) is 57.9 Å². The molecule has 148 valence electrons. The Morgan fingerprint density at radius 3 is 2.93 bits per heavy atom. The lowest BCUT2D eigenvalue weighted by Gasteiger charge is -2.17. The molecular weight excluding hydrogens is 376 g/mol. The number of hydrogen-bond acceptors (Lipinski definition) is 5.